The molecule has 3 unspecified atom stereocenters. The van der Waals surface area contributed by atoms with Crippen molar-refractivity contribution in [1.82, 2.24) is 5.32 Å². The van der Waals surface area contributed by atoms with Crippen LogP contribution in [0.4, 0.5) is 5.69 Å². The largest absolute Gasteiger partial charge is 0.349 e. The number of hydrogen-bond acceptors (Lipinski definition) is 3. The zero-order valence-electron chi connectivity index (χ0n) is 12.7. The molecule has 1 amide bonds. The SMILES string of the molecule is O=C(NC1CCCC2CCCCC21)c1ccc([N+](=O)[O-])cc1. The van der Waals surface area contributed by atoms with E-state index in [0.717, 1.165) is 12.3 Å². The molecule has 1 N–H and O–H groups in total. The van der Waals surface area contributed by atoms with Gasteiger partial charge in [0.1, 0.15) is 0 Å². The number of fused-ring (bicyclic) bond motifs is 1. The molecule has 22 heavy (non-hydrogen) atoms. The van der Waals surface area contributed by atoms with Crippen LogP contribution < -0.4 is 5.32 Å². The Morgan fingerprint density at radius 2 is 1.73 bits per heavy atom. The van der Waals surface area contributed by atoms with E-state index in [1.165, 1.54) is 62.8 Å². The van der Waals surface area contributed by atoms with Crippen LogP contribution in [-0.4, -0.2) is 16.9 Å². The van der Waals surface area contributed by atoms with E-state index in [1.807, 2.05) is 0 Å². The molecule has 0 bridgehead atoms. The number of hydrogen-bond donors (Lipinski definition) is 1. The Bertz CT molecular complexity index is 554. The van der Waals surface area contributed by atoms with E-state index < -0.39 is 4.92 Å². The molecule has 1 aromatic carbocycles. The van der Waals surface area contributed by atoms with Gasteiger partial charge in [-0.15, -0.1) is 0 Å². The summed E-state index contributed by atoms with van der Waals surface area (Å²) in [5, 5.41) is 13.8. The number of amides is 1. The van der Waals surface area contributed by atoms with Gasteiger partial charge in [-0.3, -0.25) is 14.9 Å². The molecule has 5 nitrogen and oxygen atoms in total. The maximum atomic E-state index is 12.4. The molecule has 2 saturated carbocycles. The van der Waals surface area contributed by atoms with Gasteiger partial charge in [-0.05, 0) is 36.8 Å². The van der Waals surface area contributed by atoms with Gasteiger partial charge >= 0.3 is 0 Å². The molecule has 0 aliphatic heterocycles. The molecule has 5 heteroatoms. The molecule has 0 aromatic heterocycles. The zero-order chi connectivity index (χ0) is 15.5. The minimum atomic E-state index is -0.449. The number of nitrogens with zero attached hydrogens (tertiary/aromatic N) is 1. The van der Waals surface area contributed by atoms with Gasteiger partial charge in [0.05, 0.1) is 4.92 Å². The smallest absolute Gasteiger partial charge is 0.269 e. The number of carbonyl (C=O) groups excluding carboxylic acids is 1. The molecular formula is C17H22N2O3. The minimum absolute atomic E-state index is 0.0153. The van der Waals surface area contributed by atoms with E-state index in [0.29, 0.717) is 11.5 Å². The zero-order valence-corrected chi connectivity index (χ0v) is 12.7. The molecule has 0 saturated heterocycles. The predicted molar refractivity (Wildman–Crippen MR) is 83.6 cm³/mol. The fourth-order valence-electron chi connectivity index (χ4n) is 4.10. The van der Waals surface area contributed by atoms with Crippen LogP contribution in [0.3, 0.4) is 0 Å². The Balaban J connectivity index is 1.66. The van der Waals surface area contributed by atoms with E-state index in [2.05, 4.69) is 5.32 Å². The average Bonchev–Trinajstić information content (AvgIpc) is 2.55. The first-order valence-corrected chi connectivity index (χ1v) is 8.20. The summed E-state index contributed by atoms with van der Waals surface area (Å²) >= 11 is 0. The number of nitrogens with one attached hydrogen (secondary N) is 1. The second kappa shape index (κ2) is 6.46. The molecule has 0 heterocycles. The third kappa shape index (κ3) is 3.13. The van der Waals surface area contributed by atoms with Gasteiger partial charge in [0.25, 0.3) is 11.6 Å². The van der Waals surface area contributed by atoms with Crippen LogP contribution in [0.25, 0.3) is 0 Å². The molecule has 3 rings (SSSR count). The quantitative estimate of drug-likeness (QED) is 0.683. The van der Waals surface area contributed by atoms with Crippen LogP contribution in [0.1, 0.15) is 55.3 Å². The van der Waals surface area contributed by atoms with E-state index in [4.69, 9.17) is 0 Å². The number of nitro groups is 1. The molecule has 3 atom stereocenters. The predicted octanol–water partition coefficient (Wildman–Crippen LogP) is 3.68. The topological polar surface area (TPSA) is 72.2 Å². The second-order valence-corrected chi connectivity index (χ2v) is 6.52. The molecule has 2 fully saturated rings. The summed E-state index contributed by atoms with van der Waals surface area (Å²) in [6.45, 7) is 0. The monoisotopic (exact) mass is 302 g/mol. The Labute approximate surface area is 130 Å². The van der Waals surface area contributed by atoms with Crippen LogP contribution in [0.5, 0.6) is 0 Å². The highest BCUT2D eigenvalue weighted by atomic mass is 16.6. The summed E-state index contributed by atoms with van der Waals surface area (Å²) in [6.07, 6.45) is 8.65. The van der Waals surface area contributed by atoms with Crippen LogP contribution in [-0.2, 0) is 0 Å². The van der Waals surface area contributed by atoms with E-state index >= 15 is 0 Å². The third-order valence-electron chi connectivity index (χ3n) is 5.23. The van der Waals surface area contributed by atoms with Gasteiger partial charge < -0.3 is 5.32 Å². The summed E-state index contributed by atoms with van der Waals surface area (Å²) in [6, 6.07) is 6.11. The van der Waals surface area contributed by atoms with E-state index in [9.17, 15) is 14.9 Å². The normalized spacial score (nSPS) is 27.7. The van der Waals surface area contributed by atoms with Gasteiger partial charge in [-0.1, -0.05) is 32.1 Å². The maximum absolute atomic E-state index is 12.4. The fraction of sp³-hybridized carbons (Fsp3) is 0.588. The molecule has 0 spiro atoms. The van der Waals surface area contributed by atoms with Crippen molar-refractivity contribution in [2.75, 3.05) is 0 Å². The Kier molecular flexibility index (Phi) is 4.41. The third-order valence-corrected chi connectivity index (χ3v) is 5.23. The first-order valence-electron chi connectivity index (χ1n) is 8.20. The summed E-state index contributed by atoms with van der Waals surface area (Å²) in [5.41, 5.74) is 0.519. The molecule has 2 aliphatic rings. The number of benzene rings is 1. The van der Waals surface area contributed by atoms with E-state index in [-0.39, 0.29) is 17.6 Å². The highest BCUT2D eigenvalue weighted by Crippen LogP contribution is 2.40. The van der Waals surface area contributed by atoms with Gasteiger partial charge in [0.15, 0.2) is 0 Å². The van der Waals surface area contributed by atoms with Crippen molar-refractivity contribution < 1.29 is 9.72 Å². The lowest BCUT2D eigenvalue weighted by molar-refractivity contribution is -0.384. The molecule has 1 aromatic rings. The van der Waals surface area contributed by atoms with Crippen molar-refractivity contribution in [3.63, 3.8) is 0 Å². The standard InChI is InChI=1S/C17H22N2O3/c20-17(13-8-10-14(11-9-13)19(21)22)18-16-7-3-5-12-4-1-2-6-15(12)16/h8-12,15-16H,1-7H2,(H,18,20). The number of rotatable bonds is 3. The van der Waals surface area contributed by atoms with Crippen molar-refractivity contribution in [2.24, 2.45) is 11.8 Å². The van der Waals surface area contributed by atoms with Crippen molar-refractivity contribution in [2.45, 2.75) is 51.0 Å². The van der Waals surface area contributed by atoms with Crippen molar-refractivity contribution >= 4 is 11.6 Å². The Morgan fingerprint density at radius 3 is 2.45 bits per heavy atom. The van der Waals surface area contributed by atoms with E-state index in [1.54, 1.807) is 0 Å². The maximum Gasteiger partial charge on any atom is 0.269 e. The fourth-order valence-corrected chi connectivity index (χ4v) is 4.10. The number of nitro benzene ring substituents is 1. The number of non-ortho nitro benzene ring substituents is 1. The van der Waals surface area contributed by atoms with Gasteiger partial charge in [-0.2, -0.15) is 0 Å². The summed E-state index contributed by atoms with van der Waals surface area (Å²) in [5.74, 6) is 1.28. The lowest BCUT2D eigenvalue weighted by Gasteiger charge is -2.41. The summed E-state index contributed by atoms with van der Waals surface area (Å²) < 4.78 is 0. The van der Waals surface area contributed by atoms with Crippen LogP contribution in [0.15, 0.2) is 24.3 Å². The lowest BCUT2D eigenvalue weighted by atomic mass is 9.68. The highest BCUT2D eigenvalue weighted by Gasteiger charge is 2.35. The van der Waals surface area contributed by atoms with Crippen molar-refractivity contribution in [3.8, 4) is 0 Å². The van der Waals surface area contributed by atoms with Crippen LogP contribution >= 0.6 is 0 Å². The van der Waals surface area contributed by atoms with Crippen LogP contribution in [0.2, 0.25) is 0 Å². The molecular weight excluding hydrogens is 280 g/mol. The van der Waals surface area contributed by atoms with Crippen LogP contribution in [0, 0.1) is 22.0 Å². The van der Waals surface area contributed by atoms with Crippen molar-refractivity contribution in [3.05, 3.63) is 39.9 Å². The summed E-state index contributed by atoms with van der Waals surface area (Å²) in [4.78, 5) is 22.6. The highest BCUT2D eigenvalue weighted by molar-refractivity contribution is 5.94. The summed E-state index contributed by atoms with van der Waals surface area (Å²) in [7, 11) is 0. The first kappa shape index (κ1) is 15.0. The molecule has 2 aliphatic carbocycles. The molecule has 0 radical (unpaired) electrons. The number of carbonyl (C=O) groups is 1. The minimum Gasteiger partial charge on any atom is -0.349 e. The van der Waals surface area contributed by atoms with Gasteiger partial charge in [-0.25, -0.2) is 0 Å². The first-order chi connectivity index (χ1) is 10.6. The van der Waals surface area contributed by atoms with Gasteiger partial charge in [0.2, 0.25) is 0 Å². The Hall–Kier alpha value is -1.91. The second-order valence-electron chi connectivity index (χ2n) is 6.52. The average molecular weight is 302 g/mol. The Morgan fingerprint density at radius 1 is 1.05 bits per heavy atom. The lowest BCUT2D eigenvalue weighted by Crippen LogP contribution is -2.46. The van der Waals surface area contributed by atoms with Gasteiger partial charge in [0, 0.05) is 23.7 Å². The molecule has 118 valence electrons. The van der Waals surface area contributed by atoms with Crippen molar-refractivity contribution in [1.29, 1.82) is 0 Å².